The summed E-state index contributed by atoms with van der Waals surface area (Å²) < 4.78 is 41.5. The molecule has 1 saturated heterocycles. The van der Waals surface area contributed by atoms with E-state index in [4.69, 9.17) is 29.2 Å². The predicted molar refractivity (Wildman–Crippen MR) is 223 cm³/mol. The van der Waals surface area contributed by atoms with Crippen LogP contribution in [0.25, 0.3) is 0 Å². The summed E-state index contributed by atoms with van der Waals surface area (Å²) in [5, 5.41) is 17.7. The number of aliphatic hydroxyl groups excluding tert-OH is 1. The first kappa shape index (κ1) is 45.7. The number of aliphatic hydroxyl groups is 1. The molecule has 1 aromatic carbocycles. The van der Waals surface area contributed by atoms with Gasteiger partial charge in [-0.2, -0.15) is 0 Å². The van der Waals surface area contributed by atoms with Crippen molar-refractivity contribution in [2.45, 2.75) is 147 Å². The second kappa shape index (κ2) is 16.8. The molecule has 63 heavy (non-hydrogen) atoms. The quantitative estimate of drug-likeness (QED) is 0.154. The Morgan fingerprint density at radius 1 is 1.08 bits per heavy atom. The first-order chi connectivity index (χ1) is 29.7. The molecule has 0 bridgehead atoms. The zero-order valence-corrected chi connectivity index (χ0v) is 37.5. The highest BCUT2D eigenvalue weighted by Gasteiger charge is 2.76. The first-order valence-electron chi connectivity index (χ1n) is 22.2. The number of allylic oxidation sites excluding steroid dienone is 4. The van der Waals surface area contributed by atoms with E-state index in [2.05, 4.69) is 17.6 Å². The third-order valence-corrected chi connectivity index (χ3v) is 15.7. The van der Waals surface area contributed by atoms with Gasteiger partial charge in [-0.3, -0.25) is 24.0 Å². The number of esters is 1. The molecule has 7 aliphatic rings. The van der Waals surface area contributed by atoms with Gasteiger partial charge in [0.25, 0.3) is 0 Å². The molecule has 2 amide bonds. The van der Waals surface area contributed by atoms with Crippen LogP contribution in [0.4, 0.5) is 0 Å². The van der Waals surface area contributed by atoms with Gasteiger partial charge in [-0.15, -0.1) is 4.52 Å². The van der Waals surface area contributed by atoms with Crippen LogP contribution in [0.1, 0.15) is 111 Å². The van der Waals surface area contributed by atoms with Crippen molar-refractivity contribution < 1.29 is 62.0 Å². The number of benzene rings is 1. The maximum absolute atomic E-state index is 14.3. The Morgan fingerprint density at radius 2 is 1.79 bits per heavy atom. The van der Waals surface area contributed by atoms with E-state index in [-0.39, 0.29) is 72.8 Å². The molecule has 5 saturated carbocycles. The fraction of sp³-hybridized carbons (Fsp3) is 0.674. The zero-order valence-electron chi connectivity index (χ0n) is 36.6. The van der Waals surface area contributed by atoms with Crippen molar-refractivity contribution in [3.05, 3.63) is 53.6 Å². The van der Waals surface area contributed by atoms with Gasteiger partial charge >= 0.3 is 14.2 Å². The molecule has 1 aliphatic heterocycles. The fourth-order valence-electron chi connectivity index (χ4n) is 12.7. The number of hydrogen-bond donors (Lipinski definition) is 4. The number of ether oxygens (including phenoxy) is 4. The predicted octanol–water partition coefficient (Wildman–Crippen LogP) is 3.70. The summed E-state index contributed by atoms with van der Waals surface area (Å²) in [4.78, 5) is 75.7. The van der Waals surface area contributed by atoms with E-state index in [9.17, 15) is 38.5 Å². The third-order valence-electron chi connectivity index (χ3n) is 15.3. The molecule has 11 atom stereocenters. The van der Waals surface area contributed by atoms with E-state index >= 15 is 0 Å². The van der Waals surface area contributed by atoms with E-state index in [0.29, 0.717) is 24.2 Å². The molecule has 1 aromatic rings. The number of fused-ring (bicyclic) bond motifs is 7. The minimum atomic E-state index is -3.30. The SMILES string of the molecule is CC(C)(C)OC(=O)CC[C@H](NC(=O)CN)C(=O)NC1CC2(C1)CC(Oc1ccc([C@@H]3O[C@@H]4C[C@H]5[C@@H]6CCC7=CC(=O)C=C[C@]7(C)[C@H]6[C@@H](O)C[C@]5(C)[C@]4(C(=O)CO[P+](=O)[O-])O3)cc1)C2. The third kappa shape index (κ3) is 8.45. The first-order valence-corrected chi connectivity index (χ1v) is 23.3. The number of rotatable bonds is 14. The monoisotopic (exact) mass is 893 g/mol. The van der Waals surface area contributed by atoms with Crippen LogP contribution in [0.3, 0.4) is 0 Å². The van der Waals surface area contributed by atoms with E-state index in [1.165, 1.54) is 0 Å². The largest absolute Gasteiger partial charge is 0.566 e. The number of hydrogen-bond acceptors (Lipinski definition) is 14. The van der Waals surface area contributed by atoms with E-state index in [0.717, 1.165) is 37.7 Å². The van der Waals surface area contributed by atoms with E-state index in [1.54, 1.807) is 32.9 Å². The molecule has 0 radical (unpaired) electrons. The van der Waals surface area contributed by atoms with Crippen LogP contribution >= 0.6 is 8.25 Å². The molecule has 6 aliphatic carbocycles. The lowest BCUT2D eigenvalue weighted by molar-refractivity contribution is -0.204. The highest BCUT2D eigenvalue weighted by molar-refractivity contribution is 7.30. The lowest BCUT2D eigenvalue weighted by Gasteiger charge is -2.59. The average Bonchev–Trinajstić information content (AvgIpc) is 3.69. The van der Waals surface area contributed by atoms with Crippen LogP contribution in [-0.2, 0) is 47.3 Å². The maximum atomic E-state index is 14.3. The lowest BCUT2D eigenvalue weighted by atomic mass is 9.46. The van der Waals surface area contributed by atoms with Crippen LogP contribution in [0.5, 0.6) is 5.75 Å². The summed E-state index contributed by atoms with van der Waals surface area (Å²) in [6.07, 6.45) is 8.00. The number of nitrogens with one attached hydrogen (secondary N) is 2. The van der Waals surface area contributed by atoms with Crippen molar-refractivity contribution in [3.8, 4) is 5.75 Å². The minimum absolute atomic E-state index is 0.00583. The van der Waals surface area contributed by atoms with Crippen molar-refractivity contribution in [2.75, 3.05) is 13.2 Å². The number of Topliss-reactive ketones (excluding diaryl/α,β-unsaturated/α-hetero) is 1. The summed E-state index contributed by atoms with van der Waals surface area (Å²) in [7, 11) is -3.30. The van der Waals surface area contributed by atoms with Crippen molar-refractivity contribution in [2.24, 2.45) is 39.7 Å². The fourth-order valence-corrected chi connectivity index (χ4v) is 12.9. The van der Waals surface area contributed by atoms with Crippen LogP contribution in [0, 0.1) is 34.0 Å². The molecule has 1 spiro atoms. The average molecular weight is 894 g/mol. The Hall–Kier alpha value is -3.89. The van der Waals surface area contributed by atoms with Gasteiger partial charge in [-0.1, -0.05) is 37.6 Å². The molecule has 342 valence electrons. The van der Waals surface area contributed by atoms with Crippen LogP contribution in [-0.4, -0.2) is 89.2 Å². The van der Waals surface area contributed by atoms with Crippen molar-refractivity contribution in [1.29, 1.82) is 0 Å². The highest BCUT2D eigenvalue weighted by atomic mass is 31.1. The Bertz CT molecular complexity index is 2090. The normalized spacial score (nSPS) is 38.1. The van der Waals surface area contributed by atoms with Crippen LogP contribution in [0.15, 0.2) is 48.1 Å². The second-order valence-electron chi connectivity index (χ2n) is 20.5. The Labute approximate surface area is 368 Å². The molecule has 1 heterocycles. The van der Waals surface area contributed by atoms with Gasteiger partial charge in [-0.25, -0.2) is 0 Å². The maximum Gasteiger partial charge on any atom is 0.488 e. The standard InChI is InChI=1S/C46H60N3O13P/c1-42(2,3)61-38(54)13-12-33(49-37(53)23-47)40(55)48-27-18-45(19-27)20-30(21-45)59-29-9-6-25(7-10-29)41-60-36-17-32-31-11-8-26-16-28(50)14-15-43(26,4)39(31)34(51)22-44(32,5)46(36,62-41)35(52)24-58-63(56)57/h6-7,9-10,14-16,27,30-34,36,39,41,51H,8,11-13,17-24,47H2,1-5H3,(H,48,55)(H,49,53)/t27?,30?,31-,32-,33-,34-,36+,39+,41+,43-,44-,45?,46+/m0/s1. The van der Waals surface area contributed by atoms with E-state index < -0.39 is 79.1 Å². The molecule has 6 fully saturated rings. The Balaban J connectivity index is 0.877. The molecule has 5 N–H and O–H groups in total. The van der Waals surface area contributed by atoms with E-state index in [1.807, 2.05) is 37.3 Å². The van der Waals surface area contributed by atoms with Gasteiger partial charge in [0.15, 0.2) is 30.1 Å². The number of nitrogens with two attached hydrogens (primary N) is 1. The van der Waals surface area contributed by atoms with Crippen LogP contribution in [0.2, 0.25) is 0 Å². The van der Waals surface area contributed by atoms with Gasteiger partial charge in [0.05, 0.1) is 24.9 Å². The Morgan fingerprint density at radius 3 is 2.46 bits per heavy atom. The summed E-state index contributed by atoms with van der Waals surface area (Å²) in [6, 6.07) is 6.33. The van der Waals surface area contributed by atoms with Gasteiger partial charge in [-0.05, 0) is 125 Å². The number of amides is 2. The molecule has 1 unspecified atom stereocenters. The second-order valence-corrected chi connectivity index (χ2v) is 21.2. The summed E-state index contributed by atoms with van der Waals surface area (Å²) in [5.41, 5.74) is 3.52. The topological polar surface area (TPSA) is 242 Å². The molecule has 17 heteroatoms. The summed E-state index contributed by atoms with van der Waals surface area (Å²) >= 11 is 0. The van der Waals surface area contributed by atoms with Crippen molar-refractivity contribution >= 4 is 37.6 Å². The molecular weight excluding hydrogens is 833 g/mol. The minimum Gasteiger partial charge on any atom is -0.566 e. The van der Waals surface area contributed by atoms with Crippen molar-refractivity contribution in [1.82, 2.24) is 10.6 Å². The van der Waals surface area contributed by atoms with Gasteiger partial charge in [0.2, 0.25) is 11.8 Å². The molecule has 8 rings (SSSR count). The summed E-state index contributed by atoms with van der Waals surface area (Å²) in [5.74, 6) is -1.53. The molecule has 16 nitrogen and oxygen atoms in total. The van der Waals surface area contributed by atoms with Crippen molar-refractivity contribution in [3.63, 3.8) is 0 Å². The highest BCUT2D eigenvalue weighted by Crippen LogP contribution is 2.70. The number of carbonyl (C=O) groups is 5. The van der Waals surface area contributed by atoms with Crippen LogP contribution < -0.4 is 26.0 Å². The van der Waals surface area contributed by atoms with Gasteiger partial charge in [0, 0.05) is 34.8 Å². The number of carbonyl (C=O) groups excluding carboxylic acids is 5. The summed E-state index contributed by atoms with van der Waals surface area (Å²) in [6.45, 7) is 8.33. The van der Waals surface area contributed by atoms with Gasteiger partial charge in [0.1, 0.15) is 17.4 Å². The Kier molecular flexibility index (Phi) is 12.2. The molecule has 0 aromatic heterocycles. The number of ketones is 2. The van der Waals surface area contributed by atoms with Gasteiger partial charge < -0.3 is 45.3 Å². The molecular formula is C46H60N3O13P. The zero-order chi connectivity index (χ0) is 45.3. The smallest absolute Gasteiger partial charge is 0.488 e. The lowest BCUT2D eigenvalue weighted by Crippen LogP contribution is -2.63.